The second kappa shape index (κ2) is 7.73. The van der Waals surface area contributed by atoms with Crippen LogP contribution < -0.4 is 5.32 Å². The maximum Gasteiger partial charge on any atom is 0.125 e. The van der Waals surface area contributed by atoms with Crippen molar-refractivity contribution in [1.29, 1.82) is 0 Å². The lowest BCUT2D eigenvalue weighted by molar-refractivity contribution is 0.199. The number of aromatic amines is 1. The van der Waals surface area contributed by atoms with E-state index in [1.54, 1.807) is 7.11 Å². The van der Waals surface area contributed by atoms with Crippen LogP contribution in [0.15, 0.2) is 6.20 Å². The molecule has 0 aromatic carbocycles. The lowest BCUT2D eigenvalue weighted by Gasteiger charge is -2.25. The molecule has 0 amide bonds. The van der Waals surface area contributed by atoms with Crippen LogP contribution in [0.25, 0.3) is 0 Å². The van der Waals surface area contributed by atoms with Gasteiger partial charge in [0.2, 0.25) is 0 Å². The van der Waals surface area contributed by atoms with E-state index in [4.69, 9.17) is 4.74 Å². The first-order chi connectivity index (χ1) is 9.70. The molecule has 0 aliphatic carbocycles. The first kappa shape index (κ1) is 15.4. The number of methoxy groups -OCH3 is 1. The van der Waals surface area contributed by atoms with Gasteiger partial charge in [0.1, 0.15) is 5.82 Å². The fourth-order valence-electron chi connectivity index (χ4n) is 2.60. The summed E-state index contributed by atoms with van der Waals surface area (Å²) in [4.78, 5) is 12.8. The number of hydrogen-bond acceptors (Lipinski definition) is 5. The number of aromatic nitrogens is 2. The Kier molecular flexibility index (Phi) is 5.97. The molecule has 1 atom stereocenters. The van der Waals surface area contributed by atoms with Gasteiger partial charge in [0.25, 0.3) is 0 Å². The molecule has 114 valence electrons. The largest absolute Gasteiger partial charge is 0.383 e. The lowest BCUT2D eigenvalue weighted by Crippen LogP contribution is -2.31. The number of likely N-dealkylation sites (N-methyl/N-ethyl adjacent to an activating group) is 2. The molecular formula is C14H27N5O. The van der Waals surface area contributed by atoms with Crippen LogP contribution in [0.4, 0.5) is 0 Å². The van der Waals surface area contributed by atoms with Gasteiger partial charge in [-0.3, -0.25) is 4.90 Å². The molecule has 0 radical (unpaired) electrons. The predicted molar refractivity (Wildman–Crippen MR) is 79.7 cm³/mol. The van der Waals surface area contributed by atoms with Gasteiger partial charge in [-0.15, -0.1) is 0 Å². The Hall–Kier alpha value is -0.950. The summed E-state index contributed by atoms with van der Waals surface area (Å²) >= 11 is 0. The summed E-state index contributed by atoms with van der Waals surface area (Å²) in [6.45, 7) is 5.71. The van der Waals surface area contributed by atoms with Crippen molar-refractivity contribution in [2.45, 2.75) is 19.0 Å². The normalized spacial score (nSPS) is 22.1. The van der Waals surface area contributed by atoms with Crippen molar-refractivity contribution in [2.75, 3.05) is 54.0 Å². The SMILES string of the molecule is COCCNCc1cnc(C2CN(C)CCCN2C)[nH]1. The molecule has 2 rings (SSSR count). The summed E-state index contributed by atoms with van der Waals surface area (Å²) in [5, 5.41) is 3.33. The average Bonchev–Trinajstić information content (AvgIpc) is 2.82. The number of nitrogens with one attached hydrogen (secondary N) is 2. The van der Waals surface area contributed by atoms with Gasteiger partial charge in [-0.2, -0.15) is 0 Å². The molecule has 0 saturated carbocycles. The number of H-pyrrole nitrogens is 1. The Bertz CT molecular complexity index is 395. The topological polar surface area (TPSA) is 56.4 Å². The van der Waals surface area contributed by atoms with Crippen LogP contribution in [0, 0.1) is 0 Å². The third-order valence-electron chi connectivity index (χ3n) is 3.83. The molecule has 0 bridgehead atoms. The molecule has 1 aromatic rings. The van der Waals surface area contributed by atoms with E-state index in [0.717, 1.165) is 50.8 Å². The standard InChI is InChI=1S/C14H27N5O/c1-18-6-4-7-19(2)13(11-18)14-16-10-12(17-14)9-15-5-8-20-3/h10,13,15H,4-9,11H2,1-3H3,(H,16,17). The van der Waals surface area contributed by atoms with Crippen molar-refractivity contribution in [3.8, 4) is 0 Å². The van der Waals surface area contributed by atoms with E-state index in [2.05, 4.69) is 39.2 Å². The molecule has 2 N–H and O–H groups in total. The summed E-state index contributed by atoms with van der Waals surface area (Å²) in [6.07, 6.45) is 3.16. The summed E-state index contributed by atoms with van der Waals surface area (Å²) < 4.78 is 5.02. The monoisotopic (exact) mass is 281 g/mol. The maximum absolute atomic E-state index is 5.02. The fourth-order valence-corrected chi connectivity index (χ4v) is 2.60. The molecule has 1 fully saturated rings. The molecule has 1 aliphatic heterocycles. The summed E-state index contributed by atoms with van der Waals surface area (Å²) in [7, 11) is 6.08. The molecule has 6 heteroatoms. The highest BCUT2D eigenvalue weighted by molar-refractivity contribution is 5.06. The van der Waals surface area contributed by atoms with Crippen LogP contribution in [-0.2, 0) is 11.3 Å². The van der Waals surface area contributed by atoms with Crippen LogP contribution in [0.3, 0.4) is 0 Å². The summed E-state index contributed by atoms with van der Waals surface area (Å²) in [5.41, 5.74) is 1.14. The smallest absolute Gasteiger partial charge is 0.125 e. The van der Waals surface area contributed by atoms with E-state index in [1.165, 1.54) is 6.42 Å². The first-order valence-electron chi connectivity index (χ1n) is 7.33. The van der Waals surface area contributed by atoms with Gasteiger partial charge in [0, 0.05) is 38.6 Å². The van der Waals surface area contributed by atoms with Crippen LogP contribution in [-0.4, -0.2) is 73.8 Å². The van der Waals surface area contributed by atoms with Gasteiger partial charge in [-0.1, -0.05) is 0 Å². The number of hydrogen-bond donors (Lipinski definition) is 2. The van der Waals surface area contributed by atoms with Crippen LogP contribution >= 0.6 is 0 Å². The van der Waals surface area contributed by atoms with E-state index in [0.29, 0.717) is 6.04 Å². The third-order valence-corrected chi connectivity index (χ3v) is 3.83. The quantitative estimate of drug-likeness (QED) is 0.742. The van der Waals surface area contributed by atoms with Crippen LogP contribution in [0.5, 0.6) is 0 Å². The zero-order chi connectivity index (χ0) is 14.4. The first-order valence-corrected chi connectivity index (χ1v) is 7.33. The molecule has 6 nitrogen and oxygen atoms in total. The van der Waals surface area contributed by atoms with E-state index in [-0.39, 0.29) is 0 Å². The van der Waals surface area contributed by atoms with E-state index < -0.39 is 0 Å². The minimum atomic E-state index is 0.357. The molecule has 20 heavy (non-hydrogen) atoms. The van der Waals surface area contributed by atoms with Gasteiger partial charge in [0.15, 0.2) is 0 Å². The predicted octanol–water partition coefficient (Wildman–Crippen LogP) is 0.454. The van der Waals surface area contributed by atoms with Gasteiger partial charge < -0.3 is 19.9 Å². The van der Waals surface area contributed by atoms with Crippen LogP contribution in [0.1, 0.15) is 24.0 Å². The Morgan fingerprint density at radius 3 is 3.10 bits per heavy atom. The minimum Gasteiger partial charge on any atom is -0.383 e. The highest BCUT2D eigenvalue weighted by Gasteiger charge is 2.24. The molecule has 0 spiro atoms. The number of nitrogens with zero attached hydrogens (tertiary/aromatic N) is 3. The molecule has 1 aliphatic rings. The van der Waals surface area contributed by atoms with Gasteiger partial charge in [-0.25, -0.2) is 4.98 Å². The highest BCUT2D eigenvalue weighted by Crippen LogP contribution is 2.20. The Balaban J connectivity index is 1.92. The van der Waals surface area contributed by atoms with E-state index in [1.807, 2.05) is 6.20 Å². The molecule has 1 saturated heterocycles. The van der Waals surface area contributed by atoms with E-state index in [9.17, 15) is 0 Å². The van der Waals surface area contributed by atoms with Crippen molar-refractivity contribution in [2.24, 2.45) is 0 Å². The number of ether oxygens (including phenoxy) is 1. The number of imidazole rings is 1. The zero-order valence-corrected chi connectivity index (χ0v) is 12.9. The van der Waals surface area contributed by atoms with Crippen molar-refractivity contribution < 1.29 is 4.74 Å². The second-order valence-corrected chi connectivity index (χ2v) is 5.58. The fraction of sp³-hybridized carbons (Fsp3) is 0.786. The molecular weight excluding hydrogens is 254 g/mol. The Morgan fingerprint density at radius 2 is 2.30 bits per heavy atom. The van der Waals surface area contributed by atoms with Crippen molar-refractivity contribution in [1.82, 2.24) is 25.1 Å². The molecule has 1 unspecified atom stereocenters. The number of rotatable bonds is 6. The van der Waals surface area contributed by atoms with Gasteiger partial charge in [-0.05, 0) is 33.6 Å². The molecule has 1 aromatic heterocycles. The van der Waals surface area contributed by atoms with Crippen molar-refractivity contribution in [3.05, 3.63) is 17.7 Å². The molecule has 2 heterocycles. The third kappa shape index (κ3) is 4.28. The maximum atomic E-state index is 5.02. The van der Waals surface area contributed by atoms with Gasteiger partial charge in [0.05, 0.1) is 12.6 Å². The van der Waals surface area contributed by atoms with Crippen molar-refractivity contribution >= 4 is 0 Å². The highest BCUT2D eigenvalue weighted by atomic mass is 16.5. The summed E-state index contributed by atoms with van der Waals surface area (Å²) in [6, 6.07) is 0.357. The van der Waals surface area contributed by atoms with Crippen LogP contribution in [0.2, 0.25) is 0 Å². The Labute approximate surface area is 121 Å². The average molecular weight is 281 g/mol. The lowest BCUT2D eigenvalue weighted by atomic mass is 10.2. The minimum absolute atomic E-state index is 0.357. The van der Waals surface area contributed by atoms with Crippen molar-refractivity contribution in [3.63, 3.8) is 0 Å². The Morgan fingerprint density at radius 1 is 1.45 bits per heavy atom. The van der Waals surface area contributed by atoms with E-state index >= 15 is 0 Å². The van der Waals surface area contributed by atoms with Gasteiger partial charge >= 0.3 is 0 Å². The second-order valence-electron chi connectivity index (χ2n) is 5.58. The zero-order valence-electron chi connectivity index (χ0n) is 12.9. The summed E-state index contributed by atoms with van der Waals surface area (Å²) in [5.74, 6) is 1.07.